The van der Waals surface area contributed by atoms with Gasteiger partial charge in [-0.2, -0.15) is 0 Å². The lowest BCUT2D eigenvalue weighted by Gasteiger charge is -2.32. The zero-order chi connectivity index (χ0) is 30.2. The summed E-state index contributed by atoms with van der Waals surface area (Å²) in [6, 6.07) is 8.45. The number of amides is 1. The molecule has 1 aliphatic carbocycles. The molecule has 1 amide bonds. The molecule has 2 aromatic rings. The molecule has 1 saturated heterocycles. The summed E-state index contributed by atoms with van der Waals surface area (Å²) in [5, 5.41) is 2.95. The summed E-state index contributed by atoms with van der Waals surface area (Å²) in [4.78, 5) is 31.0. The molecule has 11 nitrogen and oxygen atoms in total. The van der Waals surface area contributed by atoms with Crippen LogP contribution in [0.3, 0.4) is 0 Å². The second-order valence-corrected chi connectivity index (χ2v) is 14.0. The number of nitrogens with one attached hydrogen (secondary N) is 2. The van der Waals surface area contributed by atoms with Gasteiger partial charge in [0.25, 0.3) is 5.56 Å². The number of sulfonamides is 1. The molecular formula is C28H42BN5O6S. The number of anilines is 1. The fourth-order valence-corrected chi connectivity index (χ4v) is 6.67. The number of nitrogens with zero attached hydrogens (tertiary/aromatic N) is 2. The lowest BCUT2D eigenvalue weighted by molar-refractivity contribution is -0.122. The maximum absolute atomic E-state index is 13.8. The van der Waals surface area contributed by atoms with Crippen molar-refractivity contribution in [1.82, 2.24) is 19.6 Å². The second-order valence-electron chi connectivity index (χ2n) is 12.3. The third-order valence-electron chi connectivity index (χ3n) is 8.29. The molecule has 1 aromatic heterocycles. The number of nitrogens with two attached hydrogens (primary N) is 1. The van der Waals surface area contributed by atoms with Gasteiger partial charge in [-0.3, -0.25) is 14.2 Å². The van der Waals surface area contributed by atoms with Crippen molar-refractivity contribution in [2.45, 2.75) is 108 Å². The summed E-state index contributed by atoms with van der Waals surface area (Å²) < 4.78 is 42.9. The average Bonchev–Trinajstić information content (AvgIpc) is 3.10. The Hall–Kier alpha value is -2.74. The number of benzene rings is 1. The molecule has 0 spiro atoms. The van der Waals surface area contributed by atoms with Crippen molar-refractivity contribution in [3.63, 3.8) is 0 Å². The molecular weight excluding hydrogens is 545 g/mol. The Kier molecular flexibility index (Phi) is 9.03. The van der Waals surface area contributed by atoms with Gasteiger partial charge in [0.1, 0.15) is 12.4 Å². The monoisotopic (exact) mass is 587 g/mol. The van der Waals surface area contributed by atoms with Crippen LogP contribution in [0.15, 0.2) is 40.0 Å². The second kappa shape index (κ2) is 11.9. The first-order valence-electron chi connectivity index (χ1n) is 14.3. The van der Waals surface area contributed by atoms with Gasteiger partial charge >= 0.3 is 7.12 Å². The van der Waals surface area contributed by atoms with Crippen LogP contribution in [0.4, 0.5) is 5.82 Å². The number of rotatable bonds is 9. The number of hydrogen-bond acceptors (Lipinski definition) is 8. The molecule has 2 aliphatic rings. The lowest BCUT2D eigenvalue weighted by atomic mass is 9.72. The van der Waals surface area contributed by atoms with Crippen molar-refractivity contribution in [2.24, 2.45) is 5.92 Å². The van der Waals surface area contributed by atoms with E-state index in [1.807, 2.05) is 41.5 Å². The molecule has 4 N–H and O–H groups in total. The van der Waals surface area contributed by atoms with Gasteiger partial charge in [0, 0.05) is 11.6 Å². The highest BCUT2D eigenvalue weighted by Gasteiger charge is 2.54. The molecule has 41 heavy (non-hydrogen) atoms. The van der Waals surface area contributed by atoms with Crippen molar-refractivity contribution < 1.29 is 22.5 Å². The zero-order valence-corrected chi connectivity index (χ0v) is 25.6. The van der Waals surface area contributed by atoms with Crippen molar-refractivity contribution in [3.8, 4) is 11.4 Å². The van der Waals surface area contributed by atoms with Gasteiger partial charge < -0.3 is 20.4 Å². The lowest BCUT2D eigenvalue weighted by Crippen LogP contribution is -2.52. The maximum Gasteiger partial charge on any atom is 0.482 e. The quantitative estimate of drug-likeness (QED) is 0.379. The topological polar surface area (TPSA) is 155 Å². The minimum absolute atomic E-state index is 0.0702. The van der Waals surface area contributed by atoms with Crippen molar-refractivity contribution in [1.29, 1.82) is 0 Å². The summed E-state index contributed by atoms with van der Waals surface area (Å²) in [5.41, 5.74) is 4.54. The van der Waals surface area contributed by atoms with E-state index in [1.165, 1.54) is 0 Å². The van der Waals surface area contributed by atoms with Crippen LogP contribution in [0, 0.1) is 5.92 Å². The Morgan fingerprint density at radius 2 is 1.68 bits per heavy atom. The maximum atomic E-state index is 13.8. The van der Waals surface area contributed by atoms with Gasteiger partial charge in [-0.25, -0.2) is 18.1 Å². The highest BCUT2D eigenvalue weighted by molar-refractivity contribution is 7.89. The van der Waals surface area contributed by atoms with Crippen LogP contribution in [-0.4, -0.2) is 54.2 Å². The number of nitrogen functional groups attached to an aromatic ring is 1. The molecule has 4 rings (SSSR count). The van der Waals surface area contributed by atoms with Gasteiger partial charge in [0.05, 0.1) is 17.1 Å². The summed E-state index contributed by atoms with van der Waals surface area (Å²) in [6.07, 6.45) is 4.20. The minimum atomic E-state index is -4.30. The average molecular weight is 588 g/mol. The van der Waals surface area contributed by atoms with E-state index in [2.05, 4.69) is 15.0 Å². The third-order valence-corrected chi connectivity index (χ3v) is 9.86. The summed E-state index contributed by atoms with van der Waals surface area (Å²) in [6.45, 7) is 11.1. The molecule has 2 fully saturated rings. The van der Waals surface area contributed by atoms with Crippen LogP contribution >= 0.6 is 0 Å². The van der Waals surface area contributed by atoms with E-state index < -0.39 is 63.0 Å². The fraction of sp³-hybridized carbons (Fsp3) is 0.607. The number of hydrogen-bond donors (Lipinski definition) is 3. The standard InChI is InChI=1S/C28H42BN5O6S/c1-18(2)23(29-39-27(3,4)28(5,6)40-29)31-21(35)17-34-25(19-13-9-7-10-14-19)32-24(30)22(26(34)36)41(37,38)33-20-15-11-8-12-16-20/h7,9-10,13-14,18,20,23,33H,8,11-12,15-17,30H2,1-6H3,(H,31,35). The highest BCUT2D eigenvalue weighted by atomic mass is 32.2. The molecule has 1 saturated carbocycles. The first-order valence-corrected chi connectivity index (χ1v) is 15.7. The summed E-state index contributed by atoms with van der Waals surface area (Å²) >= 11 is 0. The van der Waals surface area contributed by atoms with E-state index in [0.717, 1.165) is 23.8 Å². The van der Waals surface area contributed by atoms with Crippen LogP contribution < -0.4 is 21.3 Å². The van der Waals surface area contributed by atoms with Crippen LogP contribution in [-0.2, 0) is 30.7 Å². The first kappa shape index (κ1) is 31.2. The molecule has 1 aromatic carbocycles. The molecule has 2 heterocycles. The van der Waals surface area contributed by atoms with E-state index in [0.29, 0.717) is 18.4 Å². The van der Waals surface area contributed by atoms with Gasteiger partial charge in [-0.1, -0.05) is 63.4 Å². The van der Waals surface area contributed by atoms with Gasteiger partial charge in [0.15, 0.2) is 10.7 Å². The Bertz CT molecular complexity index is 1410. The first-order chi connectivity index (χ1) is 19.1. The Morgan fingerprint density at radius 1 is 1.10 bits per heavy atom. The van der Waals surface area contributed by atoms with Crippen molar-refractivity contribution >= 4 is 28.9 Å². The van der Waals surface area contributed by atoms with Gasteiger partial charge in [0.2, 0.25) is 15.9 Å². The predicted octanol–water partition coefficient (Wildman–Crippen LogP) is 2.88. The molecule has 224 valence electrons. The molecule has 0 radical (unpaired) electrons. The normalized spacial score (nSPS) is 19.8. The Morgan fingerprint density at radius 3 is 2.24 bits per heavy atom. The third kappa shape index (κ3) is 6.68. The zero-order valence-electron chi connectivity index (χ0n) is 24.8. The van der Waals surface area contributed by atoms with Crippen LogP contribution in [0.2, 0.25) is 0 Å². The molecule has 1 aliphatic heterocycles. The minimum Gasteiger partial charge on any atom is -0.402 e. The molecule has 0 bridgehead atoms. The van der Waals surface area contributed by atoms with E-state index in [1.54, 1.807) is 30.3 Å². The molecule has 1 unspecified atom stereocenters. The van der Waals surface area contributed by atoms with Crippen LogP contribution in [0.1, 0.15) is 73.6 Å². The van der Waals surface area contributed by atoms with E-state index in [-0.39, 0.29) is 17.8 Å². The number of carbonyl (C=O) groups is 1. The van der Waals surface area contributed by atoms with Crippen LogP contribution in [0.25, 0.3) is 11.4 Å². The number of carbonyl (C=O) groups excluding carboxylic acids is 1. The van der Waals surface area contributed by atoms with E-state index in [4.69, 9.17) is 15.0 Å². The summed E-state index contributed by atoms with van der Waals surface area (Å²) in [7, 11) is -5.01. The van der Waals surface area contributed by atoms with Crippen molar-refractivity contribution in [2.75, 3.05) is 5.73 Å². The van der Waals surface area contributed by atoms with E-state index >= 15 is 0 Å². The predicted molar refractivity (Wildman–Crippen MR) is 158 cm³/mol. The summed E-state index contributed by atoms with van der Waals surface area (Å²) in [5.74, 6) is -1.44. The fourth-order valence-electron chi connectivity index (χ4n) is 5.22. The SMILES string of the molecule is CC(C)C(NC(=O)Cn1c(-c2ccccc2)nc(N)c(S(=O)(=O)NC2CCCCC2)c1=O)B1OC(C)(C)C(C)(C)O1. The van der Waals surface area contributed by atoms with Crippen LogP contribution in [0.5, 0.6) is 0 Å². The molecule has 1 atom stereocenters. The molecule has 13 heteroatoms. The number of aromatic nitrogens is 2. The highest BCUT2D eigenvalue weighted by Crippen LogP contribution is 2.38. The van der Waals surface area contributed by atoms with Gasteiger partial charge in [-0.15, -0.1) is 0 Å². The largest absolute Gasteiger partial charge is 0.482 e. The van der Waals surface area contributed by atoms with Crippen molar-refractivity contribution in [3.05, 3.63) is 40.7 Å². The Labute approximate surface area is 242 Å². The smallest absolute Gasteiger partial charge is 0.402 e. The van der Waals surface area contributed by atoms with Gasteiger partial charge in [-0.05, 0) is 46.5 Å². The Balaban J connectivity index is 1.69. The van der Waals surface area contributed by atoms with E-state index in [9.17, 15) is 18.0 Å².